The molecule has 3 amide bonds. The third kappa shape index (κ3) is 5.70. The van der Waals surface area contributed by atoms with Crippen molar-refractivity contribution in [1.29, 1.82) is 0 Å². The molecule has 1 aliphatic rings. The van der Waals surface area contributed by atoms with E-state index < -0.39 is 6.03 Å². The van der Waals surface area contributed by atoms with Crippen LogP contribution in [0.3, 0.4) is 0 Å². The highest BCUT2D eigenvalue weighted by atomic mass is 35.5. The minimum absolute atomic E-state index is 0.103. The van der Waals surface area contributed by atoms with Crippen LogP contribution < -0.4 is 10.6 Å². The molecule has 0 heterocycles. The zero-order valence-electron chi connectivity index (χ0n) is 16.4. The van der Waals surface area contributed by atoms with Gasteiger partial charge in [-0.3, -0.25) is 4.79 Å². The number of hydrogen-bond donors (Lipinski definition) is 2. The highest BCUT2D eigenvalue weighted by Crippen LogP contribution is 2.26. The summed E-state index contributed by atoms with van der Waals surface area (Å²) in [4.78, 5) is 26.7. The van der Waals surface area contributed by atoms with Gasteiger partial charge in [-0.25, -0.2) is 9.18 Å². The molecule has 0 aliphatic heterocycles. The van der Waals surface area contributed by atoms with Gasteiger partial charge in [0.05, 0.1) is 10.6 Å². The minimum Gasteiger partial charge on any atom is -0.339 e. The quantitative estimate of drug-likeness (QED) is 0.701. The second-order valence-electron chi connectivity index (χ2n) is 7.34. The van der Waals surface area contributed by atoms with Crippen molar-refractivity contribution >= 4 is 29.2 Å². The van der Waals surface area contributed by atoms with E-state index >= 15 is 0 Å². The largest absolute Gasteiger partial charge is 0.339 e. The SMILES string of the molecule is CN(C(=O)c1ccc(NC(=O)NCc2ccc(F)cc2)cc1Cl)C1CCCCC1. The Labute approximate surface area is 175 Å². The molecule has 0 spiro atoms. The van der Waals surface area contributed by atoms with Crippen LogP contribution in [0.4, 0.5) is 14.9 Å². The van der Waals surface area contributed by atoms with E-state index in [-0.39, 0.29) is 24.3 Å². The maximum atomic E-state index is 12.9. The Bertz CT molecular complexity index is 867. The molecule has 154 valence electrons. The third-order valence-corrected chi connectivity index (χ3v) is 5.58. The van der Waals surface area contributed by atoms with Crippen molar-refractivity contribution < 1.29 is 14.0 Å². The van der Waals surface area contributed by atoms with Gasteiger partial charge < -0.3 is 15.5 Å². The molecule has 2 N–H and O–H groups in total. The number of rotatable bonds is 5. The average Bonchev–Trinajstić information content (AvgIpc) is 2.73. The number of amides is 3. The first-order valence-electron chi connectivity index (χ1n) is 9.80. The molecule has 0 aromatic heterocycles. The molecule has 29 heavy (non-hydrogen) atoms. The molecule has 7 heteroatoms. The van der Waals surface area contributed by atoms with Crippen molar-refractivity contribution in [3.05, 3.63) is 64.4 Å². The molecule has 5 nitrogen and oxygen atoms in total. The summed E-state index contributed by atoms with van der Waals surface area (Å²) in [6.45, 7) is 0.266. The summed E-state index contributed by atoms with van der Waals surface area (Å²) in [5, 5.41) is 5.68. The average molecular weight is 418 g/mol. The van der Waals surface area contributed by atoms with E-state index in [2.05, 4.69) is 10.6 Å². The van der Waals surface area contributed by atoms with E-state index in [1.165, 1.54) is 18.6 Å². The fraction of sp³-hybridized carbons (Fsp3) is 0.364. The van der Waals surface area contributed by atoms with Gasteiger partial charge in [0.15, 0.2) is 0 Å². The molecular weight excluding hydrogens is 393 g/mol. The number of halogens is 2. The molecule has 1 fully saturated rings. The summed E-state index contributed by atoms with van der Waals surface area (Å²) in [5.41, 5.74) is 1.70. The molecule has 0 unspecified atom stereocenters. The summed E-state index contributed by atoms with van der Waals surface area (Å²) in [5.74, 6) is -0.425. The van der Waals surface area contributed by atoms with Crippen LogP contribution in [0.25, 0.3) is 0 Å². The lowest BCUT2D eigenvalue weighted by molar-refractivity contribution is 0.0696. The zero-order valence-corrected chi connectivity index (χ0v) is 17.1. The first-order valence-corrected chi connectivity index (χ1v) is 10.2. The van der Waals surface area contributed by atoms with Crippen LogP contribution in [0.15, 0.2) is 42.5 Å². The lowest BCUT2D eigenvalue weighted by Crippen LogP contribution is -2.38. The Kier molecular flexibility index (Phi) is 7.09. The van der Waals surface area contributed by atoms with E-state index in [1.807, 2.05) is 7.05 Å². The Balaban J connectivity index is 1.57. The van der Waals surface area contributed by atoms with Gasteiger partial charge in [0, 0.05) is 25.3 Å². The highest BCUT2D eigenvalue weighted by Gasteiger charge is 2.24. The normalized spacial score (nSPS) is 14.3. The number of carbonyl (C=O) groups is 2. The molecule has 0 atom stereocenters. The van der Waals surface area contributed by atoms with Gasteiger partial charge in [-0.15, -0.1) is 0 Å². The minimum atomic E-state index is -0.413. The topological polar surface area (TPSA) is 61.4 Å². The molecule has 1 aliphatic carbocycles. The van der Waals surface area contributed by atoms with E-state index in [1.54, 1.807) is 35.2 Å². The first kappa shape index (κ1) is 21.1. The molecule has 3 rings (SSSR count). The summed E-state index contributed by atoms with van der Waals surface area (Å²) in [6.07, 6.45) is 5.56. The molecule has 2 aromatic rings. The molecular formula is C22H25ClFN3O2. The fourth-order valence-corrected chi connectivity index (χ4v) is 3.81. The maximum Gasteiger partial charge on any atom is 0.319 e. The number of hydrogen-bond acceptors (Lipinski definition) is 2. The van der Waals surface area contributed by atoms with E-state index in [0.717, 1.165) is 31.2 Å². The Morgan fingerprint density at radius 2 is 1.79 bits per heavy atom. The van der Waals surface area contributed by atoms with Gasteiger partial charge in [-0.1, -0.05) is 43.0 Å². The van der Waals surface area contributed by atoms with E-state index in [0.29, 0.717) is 16.3 Å². The number of benzene rings is 2. The molecule has 2 aromatic carbocycles. The summed E-state index contributed by atoms with van der Waals surface area (Å²) >= 11 is 6.32. The number of anilines is 1. The lowest BCUT2D eigenvalue weighted by atomic mass is 9.94. The van der Waals surface area contributed by atoms with Crippen LogP contribution in [-0.2, 0) is 6.54 Å². The number of nitrogens with zero attached hydrogens (tertiary/aromatic N) is 1. The van der Waals surface area contributed by atoms with Crippen molar-refractivity contribution in [1.82, 2.24) is 10.2 Å². The van der Waals surface area contributed by atoms with Gasteiger partial charge in [-0.2, -0.15) is 0 Å². The Hall–Kier alpha value is -2.60. The van der Waals surface area contributed by atoms with Crippen LogP contribution in [-0.4, -0.2) is 29.9 Å². The van der Waals surface area contributed by atoms with Gasteiger partial charge in [0.2, 0.25) is 0 Å². The second kappa shape index (κ2) is 9.74. The lowest BCUT2D eigenvalue weighted by Gasteiger charge is -2.31. The van der Waals surface area contributed by atoms with Gasteiger partial charge in [0.1, 0.15) is 5.82 Å². The van der Waals surface area contributed by atoms with Gasteiger partial charge >= 0.3 is 6.03 Å². The van der Waals surface area contributed by atoms with Crippen molar-refractivity contribution in [2.45, 2.75) is 44.7 Å². The zero-order chi connectivity index (χ0) is 20.8. The number of nitrogens with one attached hydrogen (secondary N) is 2. The number of urea groups is 1. The summed E-state index contributed by atoms with van der Waals surface area (Å²) < 4.78 is 12.9. The fourth-order valence-electron chi connectivity index (χ4n) is 3.55. The van der Waals surface area contributed by atoms with E-state index in [4.69, 9.17) is 11.6 Å². The van der Waals surface area contributed by atoms with Crippen LogP contribution in [0.5, 0.6) is 0 Å². The first-order chi connectivity index (χ1) is 13.9. The monoisotopic (exact) mass is 417 g/mol. The van der Waals surface area contributed by atoms with Gasteiger partial charge in [-0.05, 0) is 48.7 Å². The Morgan fingerprint density at radius 3 is 2.45 bits per heavy atom. The smallest absolute Gasteiger partial charge is 0.319 e. The summed E-state index contributed by atoms with van der Waals surface area (Å²) in [6, 6.07) is 10.6. The number of carbonyl (C=O) groups excluding carboxylic acids is 2. The molecule has 0 saturated heterocycles. The summed E-state index contributed by atoms with van der Waals surface area (Å²) in [7, 11) is 1.82. The maximum absolute atomic E-state index is 12.9. The van der Waals surface area contributed by atoms with Crippen LogP contribution in [0, 0.1) is 5.82 Å². The van der Waals surface area contributed by atoms with E-state index in [9.17, 15) is 14.0 Å². The van der Waals surface area contributed by atoms with Crippen LogP contribution in [0.1, 0.15) is 48.0 Å². The van der Waals surface area contributed by atoms with Crippen molar-refractivity contribution in [2.24, 2.45) is 0 Å². The van der Waals surface area contributed by atoms with Crippen molar-refractivity contribution in [3.63, 3.8) is 0 Å². The second-order valence-corrected chi connectivity index (χ2v) is 7.74. The van der Waals surface area contributed by atoms with Gasteiger partial charge in [0.25, 0.3) is 5.91 Å². The standard InChI is InChI=1S/C22H25ClFN3O2/c1-27(18-5-3-2-4-6-18)21(28)19-12-11-17(13-20(19)23)26-22(29)25-14-15-7-9-16(24)10-8-15/h7-13,18H,2-6,14H2,1H3,(H2,25,26,29). The van der Waals surface area contributed by atoms with Crippen LogP contribution in [0.2, 0.25) is 5.02 Å². The van der Waals surface area contributed by atoms with Crippen molar-refractivity contribution in [3.8, 4) is 0 Å². The predicted molar refractivity (Wildman–Crippen MR) is 113 cm³/mol. The highest BCUT2D eigenvalue weighted by molar-refractivity contribution is 6.34. The Morgan fingerprint density at radius 1 is 1.10 bits per heavy atom. The molecule has 0 bridgehead atoms. The molecule has 0 radical (unpaired) electrons. The third-order valence-electron chi connectivity index (χ3n) is 5.27. The van der Waals surface area contributed by atoms with Crippen LogP contribution >= 0.6 is 11.6 Å². The predicted octanol–water partition coefficient (Wildman–Crippen LogP) is 5.21. The molecule has 1 saturated carbocycles. The van der Waals surface area contributed by atoms with Crippen molar-refractivity contribution in [2.75, 3.05) is 12.4 Å².